The Labute approximate surface area is 330 Å². The van der Waals surface area contributed by atoms with Crippen LogP contribution in [0.25, 0.3) is 33.8 Å². The van der Waals surface area contributed by atoms with Crippen molar-refractivity contribution in [1.82, 2.24) is 39.4 Å². The molecule has 0 fully saturated rings. The molecule has 3 N–H and O–H groups in total. The number of hydrogen-bond acceptors (Lipinski definition) is 9. The third-order valence-corrected chi connectivity index (χ3v) is 9.79. The normalized spacial score (nSPS) is 13.2. The third-order valence-electron chi connectivity index (χ3n) is 9.79. The molecule has 0 saturated heterocycles. The molecule has 0 atom stereocenters. The van der Waals surface area contributed by atoms with Gasteiger partial charge in [-0.25, -0.2) is 13.8 Å². The number of aromatic nitrogens is 6. The number of benzene rings is 4. The van der Waals surface area contributed by atoms with Crippen molar-refractivity contribution in [3.05, 3.63) is 156 Å². The van der Waals surface area contributed by atoms with E-state index in [4.69, 9.17) is 4.74 Å². The summed E-state index contributed by atoms with van der Waals surface area (Å²) in [5, 5.41) is 19.3. The number of nitrogens with one attached hydrogen (secondary N) is 3. The Morgan fingerprint density at radius 1 is 0.596 bits per heavy atom. The molecule has 6 heterocycles. The minimum Gasteiger partial charge on any atom is -0.444 e. The number of ether oxygens (including phenoxy) is 1. The second-order valence-corrected chi connectivity index (χ2v) is 15.1. The van der Waals surface area contributed by atoms with Crippen LogP contribution < -0.4 is 16.0 Å². The summed E-state index contributed by atoms with van der Waals surface area (Å²) in [6.45, 7) is 8.57. The molecule has 0 saturated carbocycles. The summed E-state index contributed by atoms with van der Waals surface area (Å²) in [6.07, 6.45) is -0.293. The van der Waals surface area contributed by atoms with E-state index in [-0.39, 0.29) is 6.09 Å². The number of hydrogen-bond donors (Lipinski definition) is 3. The summed E-state index contributed by atoms with van der Waals surface area (Å²) >= 11 is 0. The lowest BCUT2D eigenvalue weighted by Crippen LogP contribution is -2.33. The maximum absolute atomic E-state index is 12.4. The van der Waals surface area contributed by atoms with Gasteiger partial charge in [-0.15, -0.1) is 10.2 Å². The van der Waals surface area contributed by atoms with Gasteiger partial charge in [-0.05, 0) is 91.6 Å². The van der Waals surface area contributed by atoms with Gasteiger partial charge in [0, 0.05) is 48.7 Å². The molecule has 0 aliphatic carbocycles. The molecule has 1 amide bonds. The Hall–Kier alpha value is -7.05. The fourth-order valence-corrected chi connectivity index (χ4v) is 7.13. The largest absolute Gasteiger partial charge is 0.444 e. The molecule has 2 aliphatic rings. The summed E-state index contributed by atoms with van der Waals surface area (Å²) in [5.41, 5.74) is 12.1. The third kappa shape index (κ3) is 7.76. The highest BCUT2D eigenvalue weighted by atomic mass is 16.6. The molecule has 8 aromatic rings. The highest BCUT2D eigenvalue weighted by Gasteiger charge is 2.28. The van der Waals surface area contributed by atoms with Crippen LogP contribution >= 0.6 is 0 Å². The molecule has 0 spiro atoms. The SMILES string of the molecule is CC(C)(C)OC(=O)N1Cc2ccc(Nc3nc4cccc(-c5ccccc5)n4n3)cc2C1.c1ccc(-c2cccc3nc(Nc4ccc5c(c4)CNC5)nn23)cc1. The predicted molar refractivity (Wildman–Crippen MR) is 222 cm³/mol. The second kappa shape index (κ2) is 14.9. The van der Waals surface area contributed by atoms with Crippen molar-refractivity contribution in [2.24, 2.45) is 0 Å². The Morgan fingerprint density at radius 2 is 1.11 bits per heavy atom. The lowest BCUT2D eigenvalue weighted by molar-refractivity contribution is 0.0242. The van der Waals surface area contributed by atoms with Crippen molar-refractivity contribution in [2.75, 3.05) is 10.6 Å². The molecule has 284 valence electrons. The van der Waals surface area contributed by atoms with Gasteiger partial charge in [0.25, 0.3) is 0 Å². The Balaban J connectivity index is 0.000000153. The smallest absolute Gasteiger partial charge is 0.410 e. The summed E-state index contributed by atoms with van der Waals surface area (Å²) in [6, 6.07) is 44.8. The van der Waals surface area contributed by atoms with Crippen LogP contribution in [-0.2, 0) is 30.9 Å². The molecule has 10 rings (SSSR count). The summed E-state index contributed by atoms with van der Waals surface area (Å²) in [5.74, 6) is 1.13. The van der Waals surface area contributed by atoms with Crippen LogP contribution in [0.1, 0.15) is 43.0 Å². The van der Waals surface area contributed by atoms with Gasteiger partial charge < -0.3 is 20.7 Å². The lowest BCUT2D eigenvalue weighted by atomic mass is 10.1. The molecule has 0 unspecified atom stereocenters. The van der Waals surface area contributed by atoms with Crippen LogP contribution in [0.2, 0.25) is 0 Å². The molecule has 0 bridgehead atoms. The maximum Gasteiger partial charge on any atom is 0.410 e. The summed E-state index contributed by atoms with van der Waals surface area (Å²) in [4.78, 5) is 23.4. The van der Waals surface area contributed by atoms with Gasteiger partial charge in [0.05, 0.1) is 11.4 Å². The Morgan fingerprint density at radius 3 is 1.67 bits per heavy atom. The van der Waals surface area contributed by atoms with Gasteiger partial charge >= 0.3 is 6.09 Å². The van der Waals surface area contributed by atoms with Crippen molar-refractivity contribution in [1.29, 1.82) is 0 Å². The first kappa shape index (κ1) is 35.6. The zero-order valence-corrected chi connectivity index (χ0v) is 32.0. The minimum absolute atomic E-state index is 0.293. The molecule has 57 heavy (non-hydrogen) atoms. The molecule has 12 nitrogen and oxygen atoms in total. The predicted octanol–water partition coefficient (Wildman–Crippen LogP) is 9.13. The fourth-order valence-electron chi connectivity index (χ4n) is 7.13. The second-order valence-electron chi connectivity index (χ2n) is 15.1. The van der Waals surface area contributed by atoms with E-state index < -0.39 is 5.60 Å². The van der Waals surface area contributed by atoms with E-state index in [1.54, 1.807) is 4.90 Å². The number of anilines is 4. The first-order valence-corrected chi connectivity index (χ1v) is 19.0. The molecular formula is C45H42N10O2. The number of rotatable bonds is 6. The molecule has 2 aliphatic heterocycles. The number of pyridine rings is 2. The highest BCUT2D eigenvalue weighted by Crippen LogP contribution is 2.29. The standard InChI is InChI=1S/C25H25N5O2.C20H17N5/c1-25(2,3)32-24(31)29-15-18-12-13-20(14-19(18)16-29)26-23-27-22-11-7-10-21(30(22)28-23)17-8-5-4-6-9-17;1-2-5-14(6-3-1)18-7-4-8-19-23-20(24-25(18)19)22-17-10-9-15-12-21-13-16(15)11-17/h4-14H,15-16H2,1-3H3,(H,26,28);1-11,21H,12-13H2,(H,22,24). The van der Waals surface area contributed by atoms with Gasteiger partial charge in [-0.3, -0.25) is 4.90 Å². The zero-order valence-electron chi connectivity index (χ0n) is 32.0. The number of carbonyl (C=O) groups is 1. The van der Waals surface area contributed by atoms with Crippen LogP contribution in [0.5, 0.6) is 0 Å². The van der Waals surface area contributed by atoms with E-state index in [0.29, 0.717) is 25.0 Å². The molecular weight excluding hydrogens is 713 g/mol. The Bertz CT molecular complexity index is 2720. The molecule has 0 radical (unpaired) electrons. The molecule has 4 aromatic carbocycles. The Kier molecular flexibility index (Phi) is 9.31. The van der Waals surface area contributed by atoms with E-state index in [1.807, 2.05) is 115 Å². The number of amides is 1. The first-order valence-electron chi connectivity index (χ1n) is 19.0. The van der Waals surface area contributed by atoms with E-state index in [2.05, 4.69) is 84.6 Å². The maximum atomic E-state index is 12.4. The van der Waals surface area contributed by atoms with Crippen LogP contribution in [0.15, 0.2) is 133 Å². The monoisotopic (exact) mass is 754 g/mol. The van der Waals surface area contributed by atoms with Crippen LogP contribution in [-0.4, -0.2) is 45.8 Å². The van der Waals surface area contributed by atoms with E-state index in [1.165, 1.54) is 11.1 Å². The van der Waals surface area contributed by atoms with Crippen molar-refractivity contribution in [3.8, 4) is 22.5 Å². The van der Waals surface area contributed by atoms with Crippen molar-refractivity contribution >= 4 is 40.7 Å². The topological polar surface area (TPSA) is 126 Å². The highest BCUT2D eigenvalue weighted by molar-refractivity contribution is 5.70. The lowest BCUT2D eigenvalue weighted by Gasteiger charge is -2.24. The summed E-state index contributed by atoms with van der Waals surface area (Å²) in [7, 11) is 0. The average Bonchev–Trinajstić information content (AvgIpc) is 4.03. The van der Waals surface area contributed by atoms with Gasteiger partial charge in [0.2, 0.25) is 11.9 Å². The van der Waals surface area contributed by atoms with Crippen molar-refractivity contribution < 1.29 is 9.53 Å². The van der Waals surface area contributed by atoms with Gasteiger partial charge in [-0.1, -0.05) is 84.9 Å². The van der Waals surface area contributed by atoms with Crippen LogP contribution in [0, 0.1) is 0 Å². The van der Waals surface area contributed by atoms with Crippen molar-refractivity contribution in [2.45, 2.75) is 52.6 Å². The minimum atomic E-state index is -0.508. The van der Waals surface area contributed by atoms with E-state index in [0.717, 1.165) is 69.4 Å². The van der Waals surface area contributed by atoms with E-state index in [9.17, 15) is 4.79 Å². The molecule has 4 aromatic heterocycles. The summed E-state index contributed by atoms with van der Waals surface area (Å²) < 4.78 is 9.23. The molecule has 12 heteroatoms. The van der Waals surface area contributed by atoms with Crippen molar-refractivity contribution in [3.63, 3.8) is 0 Å². The quantitative estimate of drug-likeness (QED) is 0.152. The zero-order chi connectivity index (χ0) is 38.9. The average molecular weight is 755 g/mol. The number of nitrogens with zero attached hydrogens (tertiary/aromatic N) is 7. The number of carbonyl (C=O) groups excluding carboxylic acids is 1. The van der Waals surface area contributed by atoms with E-state index >= 15 is 0 Å². The van der Waals surface area contributed by atoms with Gasteiger partial charge in [-0.2, -0.15) is 9.97 Å². The fraction of sp³-hybridized carbons (Fsp3) is 0.178. The van der Waals surface area contributed by atoms with Crippen LogP contribution in [0.4, 0.5) is 28.1 Å². The van der Waals surface area contributed by atoms with Gasteiger partial charge in [0.15, 0.2) is 11.3 Å². The van der Waals surface area contributed by atoms with Crippen LogP contribution in [0.3, 0.4) is 0 Å². The first-order chi connectivity index (χ1) is 27.7. The van der Waals surface area contributed by atoms with Gasteiger partial charge in [0.1, 0.15) is 5.60 Å². The number of fused-ring (bicyclic) bond motifs is 4.